The van der Waals surface area contributed by atoms with Crippen molar-refractivity contribution in [2.24, 2.45) is 5.92 Å². The molecule has 0 bridgehead atoms. The van der Waals surface area contributed by atoms with Crippen LogP contribution in [0.2, 0.25) is 5.02 Å². The van der Waals surface area contributed by atoms with Gasteiger partial charge in [-0.15, -0.1) is 0 Å². The SMILES string of the molecule is COC(=O)NCCOC(c1cccc(Cl)c1)c1cc(OCC(C)C)cc(C(=O)OC)c1. The number of carbonyl (C=O) groups excluding carboxylic acids is 2. The second-order valence-electron chi connectivity index (χ2n) is 7.21. The van der Waals surface area contributed by atoms with Gasteiger partial charge in [0, 0.05) is 11.6 Å². The van der Waals surface area contributed by atoms with Crippen LogP contribution in [0.25, 0.3) is 0 Å². The summed E-state index contributed by atoms with van der Waals surface area (Å²) in [5.74, 6) is 0.373. The van der Waals surface area contributed by atoms with Gasteiger partial charge in [0.05, 0.1) is 33.0 Å². The average Bonchev–Trinajstić information content (AvgIpc) is 2.76. The van der Waals surface area contributed by atoms with E-state index in [4.69, 9.17) is 25.8 Å². The fourth-order valence-corrected chi connectivity index (χ4v) is 3.01. The van der Waals surface area contributed by atoms with Crippen molar-refractivity contribution in [3.8, 4) is 5.75 Å². The largest absolute Gasteiger partial charge is 0.493 e. The molecule has 1 N–H and O–H groups in total. The Morgan fingerprint density at radius 3 is 2.45 bits per heavy atom. The summed E-state index contributed by atoms with van der Waals surface area (Å²) in [5, 5.41) is 3.13. The third-order valence-electron chi connectivity index (χ3n) is 4.23. The average molecular weight is 450 g/mol. The first-order chi connectivity index (χ1) is 14.8. The van der Waals surface area contributed by atoms with Crippen LogP contribution in [0, 0.1) is 5.92 Å². The zero-order chi connectivity index (χ0) is 22.8. The van der Waals surface area contributed by atoms with Gasteiger partial charge in [0.2, 0.25) is 0 Å². The lowest BCUT2D eigenvalue weighted by atomic mass is 9.99. The number of nitrogens with one attached hydrogen (secondary N) is 1. The second-order valence-corrected chi connectivity index (χ2v) is 7.65. The normalized spacial score (nSPS) is 11.7. The van der Waals surface area contributed by atoms with E-state index in [2.05, 4.69) is 10.1 Å². The maximum atomic E-state index is 12.2. The van der Waals surface area contributed by atoms with Gasteiger partial charge in [0.25, 0.3) is 0 Å². The highest BCUT2D eigenvalue weighted by molar-refractivity contribution is 6.30. The maximum Gasteiger partial charge on any atom is 0.406 e. The van der Waals surface area contributed by atoms with E-state index in [-0.39, 0.29) is 13.2 Å². The first kappa shape index (κ1) is 24.5. The van der Waals surface area contributed by atoms with E-state index in [1.54, 1.807) is 24.3 Å². The van der Waals surface area contributed by atoms with E-state index < -0.39 is 18.2 Å². The number of amides is 1. The summed E-state index contributed by atoms with van der Waals surface area (Å²) in [7, 11) is 2.62. The number of esters is 1. The second kappa shape index (κ2) is 12.2. The highest BCUT2D eigenvalue weighted by Crippen LogP contribution is 2.31. The Hall–Kier alpha value is -2.77. The Morgan fingerprint density at radius 1 is 1.03 bits per heavy atom. The summed E-state index contributed by atoms with van der Waals surface area (Å²) >= 11 is 6.19. The number of rotatable bonds is 10. The van der Waals surface area contributed by atoms with E-state index >= 15 is 0 Å². The Balaban J connectivity index is 2.38. The topological polar surface area (TPSA) is 83.1 Å². The van der Waals surface area contributed by atoms with Gasteiger partial charge in [-0.05, 0) is 47.4 Å². The van der Waals surface area contributed by atoms with Crippen molar-refractivity contribution in [3.63, 3.8) is 0 Å². The monoisotopic (exact) mass is 449 g/mol. The van der Waals surface area contributed by atoms with Crippen LogP contribution in [0.4, 0.5) is 4.79 Å². The number of alkyl carbamates (subject to hydrolysis) is 1. The molecular formula is C23H28ClNO6. The molecule has 2 aromatic carbocycles. The van der Waals surface area contributed by atoms with Crippen molar-refractivity contribution >= 4 is 23.7 Å². The van der Waals surface area contributed by atoms with Crippen LogP contribution >= 0.6 is 11.6 Å². The van der Waals surface area contributed by atoms with E-state index in [9.17, 15) is 9.59 Å². The fourth-order valence-electron chi connectivity index (χ4n) is 2.81. The molecule has 0 aliphatic heterocycles. The number of methoxy groups -OCH3 is 2. The molecule has 0 aliphatic rings. The van der Waals surface area contributed by atoms with Crippen LogP contribution in [-0.2, 0) is 14.2 Å². The molecule has 1 amide bonds. The molecule has 0 spiro atoms. The van der Waals surface area contributed by atoms with E-state index in [1.165, 1.54) is 14.2 Å². The van der Waals surface area contributed by atoms with Crippen LogP contribution in [0.1, 0.15) is 41.4 Å². The van der Waals surface area contributed by atoms with Gasteiger partial charge in [0.15, 0.2) is 0 Å². The van der Waals surface area contributed by atoms with Gasteiger partial charge < -0.3 is 24.3 Å². The van der Waals surface area contributed by atoms with Crippen molar-refractivity contribution in [2.45, 2.75) is 20.0 Å². The van der Waals surface area contributed by atoms with Crippen molar-refractivity contribution in [1.82, 2.24) is 5.32 Å². The van der Waals surface area contributed by atoms with Gasteiger partial charge in [-0.25, -0.2) is 9.59 Å². The lowest BCUT2D eigenvalue weighted by Crippen LogP contribution is -2.27. The minimum Gasteiger partial charge on any atom is -0.493 e. The lowest BCUT2D eigenvalue weighted by molar-refractivity contribution is 0.0598. The molecule has 31 heavy (non-hydrogen) atoms. The van der Waals surface area contributed by atoms with Crippen LogP contribution < -0.4 is 10.1 Å². The Kier molecular flexibility index (Phi) is 9.62. The van der Waals surface area contributed by atoms with Gasteiger partial charge in [-0.2, -0.15) is 0 Å². The minimum absolute atomic E-state index is 0.205. The Labute approximate surface area is 187 Å². The molecule has 7 nitrogen and oxygen atoms in total. The van der Waals surface area contributed by atoms with E-state index in [1.807, 2.05) is 32.0 Å². The number of benzene rings is 2. The molecule has 2 aromatic rings. The predicted molar refractivity (Wildman–Crippen MR) is 118 cm³/mol. The highest BCUT2D eigenvalue weighted by atomic mass is 35.5. The first-order valence-electron chi connectivity index (χ1n) is 9.89. The third-order valence-corrected chi connectivity index (χ3v) is 4.46. The van der Waals surface area contributed by atoms with E-state index in [0.29, 0.717) is 34.4 Å². The quantitative estimate of drug-likeness (QED) is 0.421. The molecular weight excluding hydrogens is 422 g/mol. The Bertz CT molecular complexity index is 886. The van der Waals surface area contributed by atoms with Crippen molar-refractivity contribution < 1.29 is 28.5 Å². The number of carbonyl (C=O) groups is 2. The van der Waals surface area contributed by atoms with Crippen molar-refractivity contribution in [3.05, 3.63) is 64.2 Å². The summed E-state index contributed by atoms with van der Waals surface area (Å²) in [6, 6.07) is 12.4. The third kappa shape index (κ3) is 7.77. The zero-order valence-electron chi connectivity index (χ0n) is 18.1. The first-order valence-corrected chi connectivity index (χ1v) is 10.3. The fraction of sp³-hybridized carbons (Fsp3) is 0.391. The summed E-state index contributed by atoms with van der Waals surface area (Å²) in [6.45, 7) is 5.03. The smallest absolute Gasteiger partial charge is 0.406 e. The minimum atomic E-state index is -0.552. The van der Waals surface area contributed by atoms with Gasteiger partial charge in [-0.1, -0.05) is 37.6 Å². The van der Waals surface area contributed by atoms with Crippen LogP contribution in [0.5, 0.6) is 5.75 Å². The molecule has 0 radical (unpaired) electrons. The van der Waals surface area contributed by atoms with Gasteiger partial charge in [-0.3, -0.25) is 0 Å². The maximum absolute atomic E-state index is 12.2. The number of halogens is 1. The molecule has 0 saturated carbocycles. The number of hydrogen-bond donors (Lipinski definition) is 1. The summed E-state index contributed by atoms with van der Waals surface area (Å²) in [5.41, 5.74) is 1.84. The van der Waals surface area contributed by atoms with Crippen molar-refractivity contribution in [1.29, 1.82) is 0 Å². The van der Waals surface area contributed by atoms with E-state index in [0.717, 1.165) is 5.56 Å². The van der Waals surface area contributed by atoms with Crippen LogP contribution in [0.15, 0.2) is 42.5 Å². The molecule has 0 fully saturated rings. The summed E-state index contributed by atoms with van der Waals surface area (Å²) in [4.78, 5) is 23.5. The zero-order valence-corrected chi connectivity index (χ0v) is 18.9. The lowest BCUT2D eigenvalue weighted by Gasteiger charge is -2.21. The summed E-state index contributed by atoms with van der Waals surface area (Å²) < 4.78 is 21.4. The summed E-state index contributed by atoms with van der Waals surface area (Å²) in [6.07, 6.45) is -1.09. The predicted octanol–water partition coefficient (Wildman–Crippen LogP) is 4.62. The van der Waals surface area contributed by atoms with Gasteiger partial charge in [0.1, 0.15) is 11.9 Å². The molecule has 0 saturated heterocycles. The molecule has 0 aromatic heterocycles. The van der Waals surface area contributed by atoms with Crippen molar-refractivity contribution in [2.75, 3.05) is 34.0 Å². The standard InChI is InChI=1S/C23H28ClNO6/c1-15(2)14-31-20-12-17(10-18(13-20)22(26)28-3)21(16-6-5-7-19(24)11-16)30-9-8-25-23(27)29-4/h5-7,10-13,15,21H,8-9,14H2,1-4H3,(H,25,27). The molecule has 2 rings (SSSR count). The Morgan fingerprint density at radius 2 is 1.81 bits per heavy atom. The molecule has 8 heteroatoms. The highest BCUT2D eigenvalue weighted by Gasteiger charge is 2.20. The van der Waals surface area contributed by atoms with Crippen LogP contribution in [0.3, 0.4) is 0 Å². The van der Waals surface area contributed by atoms with Gasteiger partial charge >= 0.3 is 12.1 Å². The number of ether oxygens (including phenoxy) is 4. The molecule has 1 atom stereocenters. The molecule has 0 heterocycles. The number of hydrogen-bond acceptors (Lipinski definition) is 6. The molecule has 168 valence electrons. The molecule has 1 unspecified atom stereocenters. The van der Waals surface area contributed by atoms with Crippen LogP contribution in [-0.4, -0.2) is 46.0 Å². The molecule has 0 aliphatic carbocycles.